The summed E-state index contributed by atoms with van der Waals surface area (Å²) >= 11 is 0. The molecule has 15 heteroatoms. The fraction of sp³-hybridized carbons (Fsp3) is 0.600. The highest BCUT2D eigenvalue weighted by molar-refractivity contribution is 5.93. The lowest BCUT2D eigenvalue weighted by Gasteiger charge is -2.34. The normalized spacial score (nSPS) is 14.5. The van der Waals surface area contributed by atoms with Crippen molar-refractivity contribution in [3.8, 4) is 0 Å². The van der Waals surface area contributed by atoms with Crippen LogP contribution >= 0.6 is 0 Å². The first-order chi connectivity index (χ1) is 30.3. The smallest absolute Gasteiger partial charge is 0.329 e. The molecule has 0 aliphatic heterocycles. The number of ether oxygens (including phenoxy) is 3. The van der Waals surface area contributed by atoms with E-state index in [1.807, 2.05) is 71.9 Å². The summed E-state index contributed by atoms with van der Waals surface area (Å²) in [5, 5.41) is 0. The predicted molar refractivity (Wildman–Crippen MR) is 247 cm³/mol. The highest BCUT2D eigenvalue weighted by atomic mass is 16.6. The van der Waals surface area contributed by atoms with E-state index >= 15 is 0 Å². The van der Waals surface area contributed by atoms with Crippen LogP contribution in [0.4, 0.5) is 0 Å². The van der Waals surface area contributed by atoms with Gasteiger partial charge in [-0.05, 0) is 75.3 Å². The third-order valence-electron chi connectivity index (χ3n) is 11.1. The van der Waals surface area contributed by atoms with E-state index in [2.05, 4.69) is 0 Å². The highest BCUT2D eigenvalue weighted by Gasteiger charge is 2.40. The summed E-state index contributed by atoms with van der Waals surface area (Å²) in [5.74, 6) is -5.68. The van der Waals surface area contributed by atoms with Crippen molar-refractivity contribution in [2.45, 2.75) is 138 Å². The number of rotatable bonds is 25. The molecule has 0 aromatic heterocycles. The minimum atomic E-state index is -1.46. The zero-order chi connectivity index (χ0) is 49.3. The topological polar surface area (TPSA) is 177 Å². The second-order valence-electron chi connectivity index (χ2n) is 18.5. The number of ketones is 1. The Morgan fingerprint density at radius 2 is 0.815 bits per heavy atom. The van der Waals surface area contributed by atoms with E-state index in [1.165, 1.54) is 46.8 Å². The summed E-state index contributed by atoms with van der Waals surface area (Å²) in [6.45, 7) is 17.0. The number of hydrogen-bond donors (Lipinski definition) is 0. The molecule has 2 aromatic carbocycles. The summed E-state index contributed by atoms with van der Waals surface area (Å²) in [4.78, 5) is 113. The molecule has 7 atom stereocenters. The molecule has 2 aromatic rings. The molecule has 360 valence electrons. The zero-order valence-electron chi connectivity index (χ0n) is 41.1. The molecule has 0 N–H and O–H groups in total. The lowest BCUT2D eigenvalue weighted by molar-refractivity contribution is -0.173. The molecule has 0 heterocycles. The molecule has 65 heavy (non-hydrogen) atoms. The van der Waals surface area contributed by atoms with Crippen LogP contribution < -0.4 is 0 Å². The van der Waals surface area contributed by atoms with Gasteiger partial charge < -0.3 is 33.8 Å². The number of esters is 3. The Morgan fingerprint density at radius 1 is 0.462 bits per heavy atom. The molecule has 15 nitrogen and oxygen atoms in total. The van der Waals surface area contributed by atoms with Crippen molar-refractivity contribution in [1.29, 1.82) is 0 Å². The number of benzene rings is 2. The molecule has 0 saturated heterocycles. The van der Waals surface area contributed by atoms with Crippen molar-refractivity contribution in [2.24, 2.45) is 23.7 Å². The van der Waals surface area contributed by atoms with Crippen LogP contribution in [0, 0.1) is 23.7 Å². The predicted octanol–water partition coefficient (Wildman–Crippen LogP) is 5.55. The molecule has 0 aliphatic carbocycles. The van der Waals surface area contributed by atoms with Crippen LogP contribution in [0.25, 0.3) is 0 Å². The third kappa shape index (κ3) is 17.7. The molecule has 4 amide bonds. The van der Waals surface area contributed by atoms with Crippen molar-refractivity contribution in [1.82, 2.24) is 19.6 Å². The standard InChI is InChI=1S/C50H74N4O11/c1-31(2)25-40(52(12)44(56)34(7)28-38-21-17-15-18-22-38)48(60)64-37(10)46(58)53(13)42(27-33(5)6)50(62)65-43(29-39-23-19-16-20-24-39)47(59)54(14)41(26-32(3)4)49(61)63-36(9)45(57)51(11)30-35(8)55/h15-24,31-34,36-37,40-43H,25-30H2,1-14H3/t34-,36-,37-,40+,41+,42+,43-/m1/s1. The van der Waals surface area contributed by atoms with Gasteiger partial charge in [-0.3, -0.25) is 24.0 Å². The van der Waals surface area contributed by atoms with Crippen LogP contribution in [0.3, 0.4) is 0 Å². The van der Waals surface area contributed by atoms with Crippen molar-refractivity contribution in [2.75, 3.05) is 34.7 Å². The van der Waals surface area contributed by atoms with Gasteiger partial charge in [0.1, 0.15) is 23.9 Å². The maximum Gasteiger partial charge on any atom is 0.329 e. The van der Waals surface area contributed by atoms with Gasteiger partial charge in [-0.1, -0.05) is 109 Å². The number of Topliss-reactive ketones (excluding diaryl/α,β-unsaturated/α-hetero) is 1. The zero-order valence-corrected chi connectivity index (χ0v) is 41.1. The Balaban J connectivity index is 2.39. The Morgan fingerprint density at radius 3 is 1.22 bits per heavy atom. The van der Waals surface area contributed by atoms with Gasteiger partial charge in [0.05, 0.1) is 6.54 Å². The maximum absolute atomic E-state index is 14.5. The van der Waals surface area contributed by atoms with Gasteiger partial charge in [0.25, 0.3) is 17.7 Å². The SMILES string of the molecule is CC(=O)CN(C)C(=O)[C@@H](C)OC(=O)[C@H](CC(C)C)N(C)C(=O)[C@@H](Cc1ccccc1)OC(=O)[C@H](CC(C)C)N(C)C(=O)[C@@H](C)OC(=O)[C@H](CC(C)C)N(C)C(=O)[C@H](C)Cc1ccccc1. The molecule has 0 bridgehead atoms. The Bertz CT molecular complexity index is 1900. The van der Waals surface area contributed by atoms with Crippen LogP contribution in [0.1, 0.15) is 99.6 Å². The molecule has 0 aliphatic rings. The number of amides is 4. The number of likely N-dealkylation sites (N-methyl/N-ethyl adjacent to an activating group) is 4. The van der Waals surface area contributed by atoms with Gasteiger partial charge >= 0.3 is 17.9 Å². The quantitative estimate of drug-likeness (QED) is 0.0902. The minimum absolute atomic E-state index is 0.00128. The summed E-state index contributed by atoms with van der Waals surface area (Å²) < 4.78 is 17.4. The van der Waals surface area contributed by atoms with Crippen LogP contribution in [0.2, 0.25) is 0 Å². The van der Waals surface area contributed by atoms with Crippen molar-refractivity contribution >= 4 is 47.3 Å². The second-order valence-corrected chi connectivity index (χ2v) is 18.5. The van der Waals surface area contributed by atoms with Crippen molar-refractivity contribution in [3.05, 3.63) is 71.8 Å². The highest BCUT2D eigenvalue weighted by Crippen LogP contribution is 2.22. The van der Waals surface area contributed by atoms with E-state index in [0.717, 1.165) is 20.3 Å². The first-order valence-corrected chi connectivity index (χ1v) is 22.6. The van der Waals surface area contributed by atoms with Gasteiger partial charge in [0.2, 0.25) is 5.91 Å². The summed E-state index contributed by atoms with van der Waals surface area (Å²) in [6, 6.07) is 15.0. The van der Waals surface area contributed by atoms with E-state index in [1.54, 1.807) is 44.3 Å². The Kier molecular flexibility index (Phi) is 22.5. The number of carbonyl (C=O) groups excluding carboxylic acids is 8. The number of nitrogens with zero attached hydrogens (tertiary/aromatic N) is 4. The lowest BCUT2D eigenvalue weighted by Crippen LogP contribution is -2.53. The fourth-order valence-electron chi connectivity index (χ4n) is 7.51. The van der Waals surface area contributed by atoms with E-state index in [4.69, 9.17) is 14.2 Å². The first-order valence-electron chi connectivity index (χ1n) is 22.6. The monoisotopic (exact) mass is 907 g/mol. The maximum atomic E-state index is 14.5. The second kappa shape index (κ2) is 26.4. The summed E-state index contributed by atoms with van der Waals surface area (Å²) in [7, 11) is 5.78. The average Bonchev–Trinajstić information content (AvgIpc) is 3.24. The minimum Gasteiger partial charge on any atom is -0.451 e. The van der Waals surface area contributed by atoms with E-state index < -0.39 is 78.0 Å². The first kappa shape index (κ1) is 55.5. The molecular formula is C50H74N4O11. The van der Waals surface area contributed by atoms with E-state index in [-0.39, 0.29) is 61.7 Å². The summed E-state index contributed by atoms with van der Waals surface area (Å²) in [6.07, 6.45) is -3.11. The number of carbonyl (C=O) groups is 8. The van der Waals surface area contributed by atoms with Gasteiger partial charge in [-0.15, -0.1) is 0 Å². The van der Waals surface area contributed by atoms with Crippen LogP contribution in [0.5, 0.6) is 0 Å². The van der Waals surface area contributed by atoms with Crippen molar-refractivity contribution < 1.29 is 52.6 Å². The molecular weight excluding hydrogens is 833 g/mol. The van der Waals surface area contributed by atoms with Crippen LogP contribution in [-0.4, -0.2) is 138 Å². The molecule has 0 radical (unpaired) electrons. The fourth-order valence-corrected chi connectivity index (χ4v) is 7.51. The third-order valence-corrected chi connectivity index (χ3v) is 11.1. The molecule has 0 spiro atoms. The van der Waals surface area contributed by atoms with Crippen LogP contribution in [-0.2, 0) is 65.4 Å². The molecule has 0 fully saturated rings. The molecule has 2 rings (SSSR count). The average molecular weight is 907 g/mol. The van der Waals surface area contributed by atoms with E-state index in [9.17, 15) is 38.4 Å². The van der Waals surface area contributed by atoms with Crippen molar-refractivity contribution in [3.63, 3.8) is 0 Å². The number of hydrogen-bond acceptors (Lipinski definition) is 11. The van der Waals surface area contributed by atoms with Gasteiger partial charge in [0, 0.05) is 40.5 Å². The molecule has 0 saturated carbocycles. The lowest BCUT2D eigenvalue weighted by atomic mass is 9.97. The Hall–Kier alpha value is -5.60. The van der Waals surface area contributed by atoms with Crippen LogP contribution in [0.15, 0.2) is 60.7 Å². The Labute approximate surface area is 386 Å². The largest absolute Gasteiger partial charge is 0.451 e. The van der Waals surface area contributed by atoms with Gasteiger partial charge in [-0.25, -0.2) is 14.4 Å². The molecule has 0 unspecified atom stereocenters. The van der Waals surface area contributed by atoms with Gasteiger partial charge in [0.15, 0.2) is 18.3 Å². The van der Waals surface area contributed by atoms with E-state index in [0.29, 0.717) is 12.0 Å². The van der Waals surface area contributed by atoms with Gasteiger partial charge in [-0.2, -0.15) is 0 Å². The summed E-state index contributed by atoms with van der Waals surface area (Å²) in [5.41, 5.74) is 1.64.